The van der Waals surface area contributed by atoms with Crippen molar-refractivity contribution in [3.63, 3.8) is 0 Å². The first kappa shape index (κ1) is 13.1. The van der Waals surface area contributed by atoms with Crippen LogP contribution in [0, 0.1) is 0 Å². The summed E-state index contributed by atoms with van der Waals surface area (Å²) >= 11 is 0. The third-order valence-electron chi connectivity index (χ3n) is 3.34. The number of carbonyl (C=O) groups excluding carboxylic acids is 1. The molecule has 0 spiro atoms. The highest BCUT2D eigenvalue weighted by atomic mass is 16.5. The highest BCUT2D eigenvalue weighted by Crippen LogP contribution is 2.11. The number of nitrogens with one attached hydrogen (secondary N) is 1. The van der Waals surface area contributed by atoms with E-state index in [2.05, 4.69) is 22.3 Å². The molecule has 1 aromatic carbocycles. The Labute approximate surface area is 108 Å². The molecule has 18 heavy (non-hydrogen) atoms. The van der Waals surface area contributed by atoms with Crippen molar-refractivity contribution in [3.8, 4) is 0 Å². The van der Waals surface area contributed by atoms with Gasteiger partial charge in [-0.1, -0.05) is 30.3 Å². The molecule has 98 valence electrons. The summed E-state index contributed by atoms with van der Waals surface area (Å²) in [5.74, 6) is -0.138. The molecular weight excluding hydrogens is 228 g/mol. The highest BCUT2D eigenvalue weighted by molar-refractivity contribution is 5.76. The van der Waals surface area contributed by atoms with Gasteiger partial charge in [0, 0.05) is 26.2 Å². The van der Waals surface area contributed by atoms with E-state index in [0.29, 0.717) is 6.42 Å². The zero-order valence-electron chi connectivity index (χ0n) is 10.8. The predicted molar refractivity (Wildman–Crippen MR) is 70.4 cm³/mol. The molecule has 1 aliphatic rings. The molecule has 4 heteroatoms. The molecule has 1 atom stereocenters. The van der Waals surface area contributed by atoms with Crippen LogP contribution in [0.3, 0.4) is 0 Å². The molecule has 1 N–H and O–H groups in total. The second-order valence-corrected chi connectivity index (χ2v) is 4.51. The summed E-state index contributed by atoms with van der Waals surface area (Å²) in [6.45, 7) is 3.66. The lowest BCUT2D eigenvalue weighted by Gasteiger charge is -2.33. The molecule has 0 amide bonds. The van der Waals surface area contributed by atoms with Gasteiger partial charge >= 0.3 is 5.97 Å². The van der Waals surface area contributed by atoms with E-state index < -0.39 is 0 Å². The Bertz CT molecular complexity index is 375. The van der Waals surface area contributed by atoms with Crippen molar-refractivity contribution in [2.75, 3.05) is 33.3 Å². The van der Waals surface area contributed by atoms with Crippen LogP contribution >= 0.6 is 0 Å². The first-order valence-corrected chi connectivity index (χ1v) is 6.38. The van der Waals surface area contributed by atoms with Crippen LogP contribution in [-0.4, -0.2) is 50.2 Å². The van der Waals surface area contributed by atoms with Crippen LogP contribution < -0.4 is 5.32 Å². The number of piperazine rings is 1. The molecule has 1 saturated heterocycles. The standard InChI is InChI=1S/C14H20N2O2/c1-18-14(17)13(16-9-7-15-8-10-16)11-12-5-3-2-4-6-12/h2-6,13,15H,7-11H2,1H3. The van der Waals surface area contributed by atoms with Crippen molar-refractivity contribution in [3.05, 3.63) is 35.9 Å². The van der Waals surface area contributed by atoms with Crippen molar-refractivity contribution < 1.29 is 9.53 Å². The number of methoxy groups -OCH3 is 1. The molecule has 0 aliphatic carbocycles. The van der Waals surface area contributed by atoms with E-state index in [0.717, 1.165) is 26.2 Å². The van der Waals surface area contributed by atoms with E-state index in [9.17, 15) is 4.79 Å². The van der Waals surface area contributed by atoms with Gasteiger partial charge in [-0.3, -0.25) is 9.69 Å². The Morgan fingerprint density at radius 2 is 2.00 bits per heavy atom. The topological polar surface area (TPSA) is 41.6 Å². The number of hydrogen-bond donors (Lipinski definition) is 1. The minimum Gasteiger partial charge on any atom is -0.468 e. The molecule has 0 bridgehead atoms. The van der Waals surface area contributed by atoms with Crippen LogP contribution in [0.1, 0.15) is 5.56 Å². The van der Waals surface area contributed by atoms with Crippen molar-refractivity contribution in [1.82, 2.24) is 10.2 Å². The second-order valence-electron chi connectivity index (χ2n) is 4.51. The van der Waals surface area contributed by atoms with Gasteiger partial charge in [0.1, 0.15) is 6.04 Å². The van der Waals surface area contributed by atoms with E-state index in [1.54, 1.807) is 0 Å². The van der Waals surface area contributed by atoms with Gasteiger partial charge in [-0.15, -0.1) is 0 Å². The molecule has 1 unspecified atom stereocenters. The average Bonchev–Trinajstić information content (AvgIpc) is 2.46. The number of rotatable bonds is 4. The Kier molecular flexibility index (Phi) is 4.73. The van der Waals surface area contributed by atoms with Crippen molar-refractivity contribution in [1.29, 1.82) is 0 Å². The monoisotopic (exact) mass is 248 g/mol. The number of esters is 1. The van der Waals surface area contributed by atoms with Gasteiger partial charge in [0.05, 0.1) is 7.11 Å². The Hall–Kier alpha value is -1.39. The smallest absolute Gasteiger partial charge is 0.323 e. The van der Waals surface area contributed by atoms with Gasteiger partial charge in [-0.25, -0.2) is 0 Å². The molecule has 1 aliphatic heterocycles. The van der Waals surface area contributed by atoms with Gasteiger partial charge in [0.15, 0.2) is 0 Å². The molecule has 2 rings (SSSR count). The first-order chi connectivity index (χ1) is 8.81. The molecule has 1 heterocycles. The van der Waals surface area contributed by atoms with Gasteiger partial charge < -0.3 is 10.1 Å². The lowest BCUT2D eigenvalue weighted by atomic mass is 10.0. The summed E-state index contributed by atoms with van der Waals surface area (Å²) in [4.78, 5) is 14.1. The third kappa shape index (κ3) is 3.31. The van der Waals surface area contributed by atoms with E-state index >= 15 is 0 Å². The highest BCUT2D eigenvalue weighted by Gasteiger charge is 2.27. The molecule has 0 saturated carbocycles. The summed E-state index contributed by atoms with van der Waals surface area (Å²) in [7, 11) is 1.46. The lowest BCUT2D eigenvalue weighted by Crippen LogP contribution is -2.52. The maximum absolute atomic E-state index is 11.9. The van der Waals surface area contributed by atoms with Gasteiger partial charge in [-0.05, 0) is 12.0 Å². The van der Waals surface area contributed by atoms with E-state index in [1.165, 1.54) is 12.7 Å². The molecule has 1 aromatic rings. The van der Waals surface area contributed by atoms with Crippen LogP contribution in [0.4, 0.5) is 0 Å². The maximum atomic E-state index is 11.9. The minimum absolute atomic E-state index is 0.138. The Balaban J connectivity index is 2.07. The maximum Gasteiger partial charge on any atom is 0.323 e. The van der Waals surface area contributed by atoms with Gasteiger partial charge in [-0.2, -0.15) is 0 Å². The predicted octanol–water partition coefficient (Wildman–Crippen LogP) is 0.676. The molecule has 0 radical (unpaired) electrons. The summed E-state index contributed by atoms with van der Waals surface area (Å²) in [6.07, 6.45) is 0.716. The van der Waals surface area contributed by atoms with Crippen LogP contribution in [0.5, 0.6) is 0 Å². The quantitative estimate of drug-likeness (QED) is 0.796. The minimum atomic E-state index is -0.167. The van der Waals surface area contributed by atoms with E-state index in [1.807, 2.05) is 18.2 Å². The Morgan fingerprint density at radius 3 is 2.61 bits per heavy atom. The summed E-state index contributed by atoms with van der Waals surface area (Å²) in [5.41, 5.74) is 1.17. The number of benzene rings is 1. The summed E-state index contributed by atoms with van der Waals surface area (Å²) in [5, 5.41) is 3.30. The molecule has 0 aromatic heterocycles. The first-order valence-electron chi connectivity index (χ1n) is 6.38. The van der Waals surface area contributed by atoms with E-state index in [4.69, 9.17) is 4.74 Å². The van der Waals surface area contributed by atoms with Crippen LogP contribution in [-0.2, 0) is 16.0 Å². The number of nitrogens with zero attached hydrogens (tertiary/aromatic N) is 1. The fraction of sp³-hybridized carbons (Fsp3) is 0.500. The average molecular weight is 248 g/mol. The zero-order chi connectivity index (χ0) is 12.8. The van der Waals surface area contributed by atoms with Crippen molar-refractivity contribution in [2.24, 2.45) is 0 Å². The molecule has 4 nitrogen and oxygen atoms in total. The fourth-order valence-electron chi connectivity index (χ4n) is 2.33. The van der Waals surface area contributed by atoms with Crippen LogP contribution in [0.15, 0.2) is 30.3 Å². The number of hydrogen-bond acceptors (Lipinski definition) is 4. The number of ether oxygens (including phenoxy) is 1. The summed E-state index contributed by atoms with van der Waals surface area (Å²) in [6, 6.07) is 9.93. The fourth-order valence-corrected chi connectivity index (χ4v) is 2.33. The zero-order valence-corrected chi connectivity index (χ0v) is 10.8. The number of carbonyl (C=O) groups is 1. The van der Waals surface area contributed by atoms with Crippen molar-refractivity contribution >= 4 is 5.97 Å². The molecule has 1 fully saturated rings. The van der Waals surface area contributed by atoms with Crippen LogP contribution in [0.2, 0.25) is 0 Å². The second kappa shape index (κ2) is 6.52. The van der Waals surface area contributed by atoms with E-state index in [-0.39, 0.29) is 12.0 Å². The normalized spacial score (nSPS) is 18.3. The van der Waals surface area contributed by atoms with Crippen LogP contribution in [0.25, 0.3) is 0 Å². The third-order valence-corrected chi connectivity index (χ3v) is 3.34. The largest absolute Gasteiger partial charge is 0.468 e. The van der Waals surface area contributed by atoms with Gasteiger partial charge in [0.2, 0.25) is 0 Å². The summed E-state index contributed by atoms with van der Waals surface area (Å²) < 4.78 is 4.94. The van der Waals surface area contributed by atoms with Crippen molar-refractivity contribution in [2.45, 2.75) is 12.5 Å². The molecular formula is C14H20N2O2. The Morgan fingerprint density at radius 1 is 1.33 bits per heavy atom. The van der Waals surface area contributed by atoms with Gasteiger partial charge in [0.25, 0.3) is 0 Å². The SMILES string of the molecule is COC(=O)C(Cc1ccccc1)N1CCNCC1. The lowest BCUT2D eigenvalue weighted by molar-refractivity contribution is -0.147.